The lowest BCUT2D eigenvalue weighted by molar-refractivity contribution is -0.117. The molecule has 13 nitrogen and oxygen atoms in total. The second kappa shape index (κ2) is 18.1. The molecule has 15 heteroatoms. The molecular formula is C44H60N6O7Si2. The maximum absolute atomic E-state index is 13.0. The molecule has 0 bridgehead atoms. The van der Waals surface area contributed by atoms with E-state index < -0.39 is 16.4 Å². The Morgan fingerprint density at radius 3 is 2.51 bits per heavy atom. The Morgan fingerprint density at radius 2 is 1.76 bits per heavy atom. The number of nitrogens with zero attached hydrogens (tertiary/aromatic N) is 5. The van der Waals surface area contributed by atoms with Gasteiger partial charge in [0.1, 0.15) is 31.4 Å². The summed E-state index contributed by atoms with van der Waals surface area (Å²) < 4.78 is 39.2. The van der Waals surface area contributed by atoms with Crippen LogP contribution in [0.3, 0.4) is 0 Å². The molecule has 1 aliphatic heterocycles. The summed E-state index contributed by atoms with van der Waals surface area (Å²) in [6.07, 6.45) is 11.6. The summed E-state index contributed by atoms with van der Waals surface area (Å²) in [7, 11) is -3.21. The Labute approximate surface area is 349 Å². The van der Waals surface area contributed by atoms with Crippen molar-refractivity contribution in [3.63, 3.8) is 0 Å². The zero-order valence-corrected chi connectivity index (χ0v) is 37.9. The number of hydrogen-bond acceptors (Lipinski definition) is 11. The number of rotatable bonds is 18. The minimum absolute atomic E-state index is 0.0308. The highest BCUT2D eigenvalue weighted by Gasteiger charge is 2.37. The van der Waals surface area contributed by atoms with E-state index in [9.17, 15) is 4.79 Å². The van der Waals surface area contributed by atoms with Crippen LogP contribution in [0.4, 0.5) is 5.95 Å². The molecule has 2 fully saturated rings. The molecule has 0 radical (unpaired) electrons. The Balaban J connectivity index is 1.20. The summed E-state index contributed by atoms with van der Waals surface area (Å²) in [5, 5.41) is 4.69. The molecule has 1 aliphatic carbocycles. The van der Waals surface area contributed by atoms with Crippen molar-refractivity contribution in [2.75, 3.05) is 31.7 Å². The van der Waals surface area contributed by atoms with Crippen LogP contribution in [0.15, 0.2) is 55.1 Å². The quantitative estimate of drug-likeness (QED) is 0.0666. The van der Waals surface area contributed by atoms with Gasteiger partial charge in [-0.3, -0.25) is 20.1 Å². The van der Waals surface area contributed by atoms with Gasteiger partial charge < -0.3 is 32.7 Å². The number of fused-ring (bicyclic) bond motifs is 2. The molecule has 316 valence electrons. The highest BCUT2D eigenvalue weighted by atomic mass is 28.4. The van der Waals surface area contributed by atoms with E-state index in [1.54, 1.807) is 18.6 Å². The highest BCUT2D eigenvalue weighted by Crippen LogP contribution is 2.39. The normalized spacial score (nSPS) is 16.4. The number of benzene rings is 1. The fraction of sp³-hybridized carbons (Fsp3) is 0.523. The lowest BCUT2D eigenvalue weighted by atomic mass is 10.0. The van der Waals surface area contributed by atoms with E-state index in [2.05, 4.69) is 69.9 Å². The van der Waals surface area contributed by atoms with Gasteiger partial charge in [-0.2, -0.15) is 9.97 Å². The van der Waals surface area contributed by atoms with Crippen molar-refractivity contribution < 1.29 is 32.9 Å². The average molecular weight is 841 g/mol. The van der Waals surface area contributed by atoms with Crippen LogP contribution in [0.1, 0.15) is 58.4 Å². The van der Waals surface area contributed by atoms with Gasteiger partial charge in [0.25, 0.3) is 0 Å². The van der Waals surface area contributed by atoms with E-state index in [1.807, 2.05) is 35.0 Å². The lowest BCUT2D eigenvalue weighted by Crippen LogP contribution is -2.41. The van der Waals surface area contributed by atoms with Crippen LogP contribution >= 0.6 is 0 Å². The predicted molar refractivity (Wildman–Crippen MR) is 235 cm³/mol. The first kappa shape index (κ1) is 42.7. The number of pyridine rings is 2. The van der Waals surface area contributed by atoms with E-state index >= 15 is 0 Å². The minimum atomic E-state index is -1.89. The average Bonchev–Trinajstić information content (AvgIpc) is 3.98. The summed E-state index contributed by atoms with van der Waals surface area (Å²) in [4.78, 5) is 31.9. The van der Waals surface area contributed by atoms with E-state index in [0.29, 0.717) is 54.8 Å². The molecule has 1 aromatic carbocycles. The number of anilines is 1. The van der Waals surface area contributed by atoms with Gasteiger partial charge in [0.2, 0.25) is 17.7 Å². The number of carbonyl (C=O) groups is 1. The molecule has 7 rings (SSSR count). The highest BCUT2D eigenvalue weighted by molar-refractivity contribution is 6.76. The SMILES string of the molecule is CC(C)(C)[Si](C)(C)OCCOc1cncc(COc2nc(NC(=O)C3CC3)nc3c2c(-c2ccc4ncc(OC5CCCCO5)cc4c2)cn3COCC[Si](C)(C)C)c1. The molecule has 59 heavy (non-hydrogen) atoms. The molecule has 0 spiro atoms. The second-order valence-corrected chi connectivity index (χ2v) is 28.9. The van der Waals surface area contributed by atoms with Crippen molar-refractivity contribution in [1.29, 1.82) is 0 Å². The first-order valence-electron chi connectivity index (χ1n) is 20.9. The van der Waals surface area contributed by atoms with Gasteiger partial charge >= 0.3 is 0 Å². The van der Waals surface area contributed by atoms with Crippen LogP contribution in [0.2, 0.25) is 43.8 Å². The molecule has 5 aromatic rings. The van der Waals surface area contributed by atoms with Gasteiger partial charge in [-0.25, -0.2) is 0 Å². The smallest absolute Gasteiger partial charge is 0.234 e. The Hall–Kier alpha value is -4.42. The number of aromatic nitrogens is 5. The molecule has 1 N–H and O–H groups in total. The first-order chi connectivity index (χ1) is 28.1. The van der Waals surface area contributed by atoms with Crippen molar-refractivity contribution in [2.24, 2.45) is 5.92 Å². The Kier molecular flexibility index (Phi) is 13.1. The molecule has 4 aromatic heterocycles. The predicted octanol–water partition coefficient (Wildman–Crippen LogP) is 9.59. The summed E-state index contributed by atoms with van der Waals surface area (Å²) in [5.74, 6) is 1.67. The number of hydrogen-bond donors (Lipinski definition) is 1. The second-order valence-electron chi connectivity index (χ2n) is 18.4. The minimum Gasteiger partial charge on any atom is -0.490 e. The largest absolute Gasteiger partial charge is 0.490 e. The fourth-order valence-corrected chi connectivity index (χ4v) is 8.26. The van der Waals surface area contributed by atoms with E-state index in [0.717, 1.165) is 65.7 Å². The van der Waals surface area contributed by atoms with Crippen LogP contribution < -0.4 is 19.5 Å². The molecular weight excluding hydrogens is 781 g/mol. The van der Waals surface area contributed by atoms with Gasteiger partial charge in [0, 0.05) is 55.9 Å². The molecule has 5 heterocycles. The van der Waals surface area contributed by atoms with Crippen LogP contribution in [-0.2, 0) is 32.0 Å². The third kappa shape index (κ3) is 11.2. The Morgan fingerprint density at radius 1 is 0.932 bits per heavy atom. The molecule has 1 saturated carbocycles. The summed E-state index contributed by atoms with van der Waals surface area (Å²) in [6, 6.07) is 11.1. The van der Waals surface area contributed by atoms with Crippen LogP contribution in [0, 0.1) is 5.92 Å². The molecule has 1 saturated heterocycles. The van der Waals surface area contributed by atoms with E-state index in [1.165, 1.54) is 0 Å². The van der Waals surface area contributed by atoms with E-state index in [4.69, 9.17) is 43.1 Å². The van der Waals surface area contributed by atoms with Crippen molar-refractivity contribution in [3.05, 3.63) is 60.7 Å². The summed E-state index contributed by atoms with van der Waals surface area (Å²) >= 11 is 0. The zero-order chi connectivity index (χ0) is 41.8. The van der Waals surface area contributed by atoms with Crippen LogP contribution in [0.25, 0.3) is 33.1 Å². The van der Waals surface area contributed by atoms with Crippen LogP contribution in [0.5, 0.6) is 17.4 Å². The number of carbonyl (C=O) groups excluding carboxylic acids is 1. The molecule has 1 atom stereocenters. The molecule has 1 amide bonds. The molecule has 2 aliphatic rings. The third-order valence-electron chi connectivity index (χ3n) is 11.2. The van der Waals surface area contributed by atoms with Crippen molar-refractivity contribution >= 4 is 50.2 Å². The zero-order valence-electron chi connectivity index (χ0n) is 35.9. The standard InChI is InChI=1S/C44H60N6O7Si2/c1-44(2,3)59(7,8)56-18-17-53-34-21-30(24-45-25-34)28-55-42-39-36(32-14-15-37-33(22-32)23-35(26-46-37)57-38-11-9-10-16-54-38)27-50(29-52-19-20-58(4,5)6)40(39)47-43(49-42)48-41(51)31-12-13-31/h14-15,21-27,31,38H,9-13,16-20,28-29H2,1-8H3,(H,47,48,49,51). The van der Waals surface area contributed by atoms with Crippen LogP contribution in [-0.4, -0.2) is 79.5 Å². The maximum atomic E-state index is 13.0. The number of ether oxygens (including phenoxy) is 5. The number of amides is 1. The third-order valence-corrected chi connectivity index (χ3v) is 17.5. The first-order valence-corrected chi connectivity index (χ1v) is 27.5. The summed E-state index contributed by atoms with van der Waals surface area (Å²) in [6.45, 7) is 20.8. The number of nitrogens with one attached hydrogen (secondary N) is 1. The van der Waals surface area contributed by atoms with Gasteiger partial charge in [0.15, 0.2) is 20.3 Å². The van der Waals surface area contributed by atoms with Gasteiger partial charge in [-0.05, 0) is 79.7 Å². The van der Waals surface area contributed by atoms with Gasteiger partial charge in [-0.1, -0.05) is 46.5 Å². The van der Waals surface area contributed by atoms with Crippen molar-refractivity contribution in [2.45, 2.75) is 116 Å². The van der Waals surface area contributed by atoms with Crippen molar-refractivity contribution in [1.82, 2.24) is 24.5 Å². The topological polar surface area (TPSA) is 141 Å². The van der Waals surface area contributed by atoms with E-state index in [-0.39, 0.29) is 42.4 Å². The van der Waals surface area contributed by atoms with Crippen molar-refractivity contribution in [3.8, 4) is 28.5 Å². The monoisotopic (exact) mass is 840 g/mol. The summed E-state index contributed by atoms with van der Waals surface area (Å²) in [5.41, 5.74) is 3.99. The lowest BCUT2D eigenvalue weighted by Gasteiger charge is -2.36. The fourth-order valence-electron chi connectivity index (χ4n) is 6.48. The maximum Gasteiger partial charge on any atom is 0.234 e. The van der Waals surface area contributed by atoms with Gasteiger partial charge in [0.05, 0.1) is 36.5 Å². The Bertz CT molecular complexity index is 2240. The molecule has 1 unspecified atom stereocenters. The van der Waals surface area contributed by atoms with Gasteiger partial charge in [-0.15, -0.1) is 0 Å².